The Morgan fingerprint density at radius 3 is 2.25 bits per heavy atom. The van der Waals surface area contributed by atoms with Crippen molar-refractivity contribution in [2.75, 3.05) is 13.1 Å². The molecular formula is C10H20N2O4. The molecule has 0 radical (unpaired) electrons. The van der Waals surface area contributed by atoms with E-state index in [0.29, 0.717) is 18.0 Å². The third-order valence-electron chi connectivity index (χ3n) is 2.17. The number of carbonyl (C=O) groups is 2. The van der Waals surface area contributed by atoms with Crippen molar-refractivity contribution in [2.45, 2.75) is 38.5 Å². The van der Waals surface area contributed by atoms with Crippen LogP contribution in [0.5, 0.6) is 0 Å². The van der Waals surface area contributed by atoms with Crippen LogP contribution in [-0.4, -0.2) is 40.3 Å². The summed E-state index contributed by atoms with van der Waals surface area (Å²) in [4.78, 5) is 21.4. The van der Waals surface area contributed by atoms with Gasteiger partial charge in [0.2, 0.25) is 5.91 Å². The van der Waals surface area contributed by atoms with Crippen LogP contribution in [0.15, 0.2) is 0 Å². The first-order valence-electron chi connectivity index (χ1n) is 5.49. The van der Waals surface area contributed by atoms with E-state index >= 15 is 0 Å². The first-order chi connectivity index (χ1) is 7.57. The number of hydrogen-bond donors (Lipinski definition) is 3. The van der Waals surface area contributed by atoms with Crippen molar-refractivity contribution >= 4 is 11.9 Å². The van der Waals surface area contributed by atoms with Gasteiger partial charge in [0.1, 0.15) is 0 Å². The fourth-order valence-corrected chi connectivity index (χ4v) is 1.23. The summed E-state index contributed by atoms with van der Waals surface area (Å²) in [6, 6.07) is 0. The number of hydrogen-bond acceptors (Lipinski definition) is 4. The molecule has 0 aromatic rings. The summed E-state index contributed by atoms with van der Waals surface area (Å²) in [5, 5.41) is 18.0. The topological polar surface area (TPSA) is 104 Å². The Hall–Kier alpha value is -1.14. The highest BCUT2D eigenvalue weighted by Crippen LogP contribution is 2.04. The number of carbonyl (C=O) groups excluding carboxylic acids is 1. The summed E-state index contributed by atoms with van der Waals surface area (Å²) >= 11 is 0. The second-order valence-electron chi connectivity index (χ2n) is 3.61. The monoisotopic (exact) mass is 232 g/mol. The van der Waals surface area contributed by atoms with Crippen LogP contribution in [0.2, 0.25) is 0 Å². The minimum Gasteiger partial charge on any atom is -0.481 e. The van der Waals surface area contributed by atoms with E-state index in [0.717, 1.165) is 19.3 Å². The predicted molar refractivity (Wildman–Crippen MR) is 57.9 cm³/mol. The van der Waals surface area contributed by atoms with Gasteiger partial charge in [-0.2, -0.15) is 0 Å². The lowest BCUT2D eigenvalue weighted by molar-refractivity contribution is -0.167. The number of carboxylic acids is 1. The zero-order valence-electron chi connectivity index (χ0n) is 9.39. The minimum atomic E-state index is -1.03. The van der Waals surface area contributed by atoms with Crippen LogP contribution in [0.1, 0.15) is 38.5 Å². The minimum absolute atomic E-state index is 0.156. The smallest absolute Gasteiger partial charge is 0.305 e. The molecule has 0 aromatic heterocycles. The van der Waals surface area contributed by atoms with Crippen LogP contribution in [0.25, 0.3) is 0 Å². The molecule has 1 amide bonds. The molecule has 94 valence electrons. The Morgan fingerprint density at radius 2 is 1.69 bits per heavy atom. The van der Waals surface area contributed by atoms with Crippen LogP contribution in [0.3, 0.4) is 0 Å². The quantitative estimate of drug-likeness (QED) is 0.306. The van der Waals surface area contributed by atoms with Gasteiger partial charge in [-0.3, -0.25) is 14.8 Å². The lowest BCUT2D eigenvalue weighted by atomic mass is 10.1. The molecule has 0 unspecified atom stereocenters. The van der Waals surface area contributed by atoms with Crippen LogP contribution < -0.4 is 5.73 Å². The largest absolute Gasteiger partial charge is 0.481 e. The summed E-state index contributed by atoms with van der Waals surface area (Å²) in [6.45, 7) is 0.496. The number of rotatable bonds is 9. The maximum Gasteiger partial charge on any atom is 0.305 e. The summed E-state index contributed by atoms with van der Waals surface area (Å²) in [6.07, 6.45) is 3.52. The summed E-state index contributed by atoms with van der Waals surface area (Å²) in [7, 11) is 0. The third kappa shape index (κ3) is 8.19. The second kappa shape index (κ2) is 9.11. The van der Waals surface area contributed by atoms with E-state index in [4.69, 9.17) is 16.0 Å². The van der Waals surface area contributed by atoms with Gasteiger partial charge in [0, 0.05) is 6.42 Å². The number of hydroxylamine groups is 2. The maximum atomic E-state index is 11.2. The fraction of sp³-hybridized carbons (Fsp3) is 0.800. The molecule has 6 nitrogen and oxygen atoms in total. The highest BCUT2D eigenvalue weighted by atomic mass is 16.5. The van der Waals surface area contributed by atoms with Crippen LogP contribution in [0, 0.1) is 0 Å². The van der Waals surface area contributed by atoms with Crippen molar-refractivity contribution in [3.8, 4) is 0 Å². The van der Waals surface area contributed by atoms with E-state index in [1.54, 1.807) is 0 Å². The molecule has 0 spiro atoms. The highest BCUT2D eigenvalue weighted by molar-refractivity contribution is 5.75. The van der Waals surface area contributed by atoms with Crippen molar-refractivity contribution < 1.29 is 19.9 Å². The molecule has 0 bridgehead atoms. The molecule has 0 rings (SSSR count). The molecule has 0 saturated heterocycles. The van der Waals surface area contributed by atoms with E-state index < -0.39 is 11.9 Å². The highest BCUT2D eigenvalue weighted by Gasteiger charge is 2.11. The molecule has 0 aromatic carbocycles. The third-order valence-corrected chi connectivity index (χ3v) is 2.17. The molecule has 0 aliphatic rings. The Balaban J connectivity index is 3.51. The zero-order valence-corrected chi connectivity index (χ0v) is 9.39. The van der Waals surface area contributed by atoms with Crippen LogP contribution in [-0.2, 0) is 9.59 Å². The summed E-state index contributed by atoms with van der Waals surface area (Å²) in [5.41, 5.74) is 5.32. The van der Waals surface area contributed by atoms with Gasteiger partial charge < -0.3 is 10.8 Å². The molecule has 0 aliphatic heterocycles. The van der Waals surface area contributed by atoms with E-state index in [1.807, 2.05) is 0 Å². The van der Waals surface area contributed by atoms with Gasteiger partial charge >= 0.3 is 5.97 Å². The molecule has 16 heavy (non-hydrogen) atoms. The van der Waals surface area contributed by atoms with Gasteiger partial charge in [-0.1, -0.05) is 12.8 Å². The SMILES string of the molecule is NCCCCCCC(=O)N(O)CCC(=O)O. The molecule has 0 heterocycles. The second-order valence-corrected chi connectivity index (χ2v) is 3.61. The van der Waals surface area contributed by atoms with Crippen molar-refractivity contribution in [3.63, 3.8) is 0 Å². The van der Waals surface area contributed by atoms with E-state index in [1.165, 1.54) is 0 Å². The Morgan fingerprint density at radius 1 is 1.06 bits per heavy atom. The molecule has 4 N–H and O–H groups in total. The lowest BCUT2D eigenvalue weighted by Gasteiger charge is -2.13. The molecule has 0 aliphatic carbocycles. The van der Waals surface area contributed by atoms with Gasteiger partial charge in [-0.05, 0) is 19.4 Å². The number of nitrogens with two attached hydrogens (primary N) is 1. The fourth-order valence-electron chi connectivity index (χ4n) is 1.23. The molecule has 0 atom stereocenters. The first kappa shape index (κ1) is 14.9. The number of unbranched alkanes of at least 4 members (excludes halogenated alkanes) is 3. The van der Waals surface area contributed by atoms with Crippen LogP contribution in [0.4, 0.5) is 0 Å². The summed E-state index contributed by atoms with van der Waals surface area (Å²) in [5.74, 6) is -1.45. The molecule has 0 saturated carbocycles. The average molecular weight is 232 g/mol. The van der Waals surface area contributed by atoms with E-state index in [2.05, 4.69) is 0 Å². The first-order valence-corrected chi connectivity index (χ1v) is 5.49. The Bertz CT molecular complexity index is 221. The normalized spacial score (nSPS) is 10.1. The van der Waals surface area contributed by atoms with Gasteiger partial charge in [0.15, 0.2) is 0 Å². The van der Waals surface area contributed by atoms with Crippen molar-refractivity contribution in [1.82, 2.24) is 5.06 Å². The molecule has 0 fully saturated rings. The average Bonchev–Trinajstić information content (AvgIpc) is 2.25. The van der Waals surface area contributed by atoms with Crippen molar-refractivity contribution in [3.05, 3.63) is 0 Å². The molecule has 6 heteroatoms. The lowest BCUT2D eigenvalue weighted by Crippen LogP contribution is -2.29. The van der Waals surface area contributed by atoms with Gasteiger partial charge in [0.25, 0.3) is 0 Å². The Labute approximate surface area is 95.0 Å². The Kier molecular flexibility index (Phi) is 8.46. The number of amides is 1. The van der Waals surface area contributed by atoms with Crippen molar-refractivity contribution in [2.24, 2.45) is 5.73 Å². The zero-order chi connectivity index (χ0) is 12.4. The number of aliphatic carboxylic acids is 1. The number of carboxylic acid groups (broad SMARTS) is 1. The molecular weight excluding hydrogens is 212 g/mol. The standard InChI is InChI=1S/C10H20N2O4/c11-7-4-2-1-3-5-9(13)12(16)8-6-10(14)15/h16H,1-8,11H2,(H,14,15). The van der Waals surface area contributed by atoms with Crippen LogP contribution >= 0.6 is 0 Å². The van der Waals surface area contributed by atoms with E-state index in [9.17, 15) is 9.59 Å². The van der Waals surface area contributed by atoms with Gasteiger partial charge in [0.05, 0.1) is 13.0 Å². The van der Waals surface area contributed by atoms with E-state index in [-0.39, 0.29) is 19.4 Å². The van der Waals surface area contributed by atoms with Gasteiger partial charge in [-0.25, -0.2) is 5.06 Å². The number of nitrogens with zero attached hydrogens (tertiary/aromatic N) is 1. The predicted octanol–water partition coefficient (Wildman–Crippen LogP) is 0.588. The summed E-state index contributed by atoms with van der Waals surface area (Å²) < 4.78 is 0. The van der Waals surface area contributed by atoms with Gasteiger partial charge in [-0.15, -0.1) is 0 Å². The maximum absolute atomic E-state index is 11.2. The van der Waals surface area contributed by atoms with Crippen molar-refractivity contribution in [1.29, 1.82) is 0 Å².